The van der Waals surface area contributed by atoms with Gasteiger partial charge in [0.15, 0.2) is 5.17 Å². The van der Waals surface area contributed by atoms with Gasteiger partial charge >= 0.3 is 0 Å². The Morgan fingerprint density at radius 3 is 2.81 bits per heavy atom. The molecule has 1 aliphatic carbocycles. The summed E-state index contributed by atoms with van der Waals surface area (Å²) in [7, 11) is 0. The molecule has 2 aromatic heterocycles. The highest BCUT2D eigenvalue weighted by Crippen LogP contribution is 2.47. The summed E-state index contributed by atoms with van der Waals surface area (Å²) >= 11 is 1.91. The van der Waals surface area contributed by atoms with Crippen LogP contribution in [-0.2, 0) is 0 Å². The van der Waals surface area contributed by atoms with Crippen molar-refractivity contribution < 1.29 is 0 Å². The molecule has 5 rings (SSSR count). The lowest BCUT2D eigenvalue weighted by atomic mass is 9.95. The zero-order valence-electron chi connectivity index (χ0n) is 15.3. The fourth-order valence-electron chi connectivity index (χ4n) is 4.69. The second-order valence-electron chi connectivity index (χ2n) is 7.82. The maximum absolute atomic E-state index is 5.08. The summed E-state index contributed by atoms with van der Waals surface area (Å²) in [6.07, 6.45) is 13.3. The lowest BCUT2D eigenvalue weighted by Crippen LogP contribution is -2.28. The molecule has 4 heterocycles. The minimum atomic E-state index is 0.105. The number of pyridine rings is 1. The van der Waals surface area contributed by atoms with Gasteiger partial charge in [0.1, 0.15) is 6.04 Å². The molecule has 0 radical (unpaired) electrons. The van der Waals surface area contributed by atoms with Gasteiger partial charge in [-0.3, -0.25) is 9.98 Å². The summed E-state index contributed by atoms with van der Waals surface area (Å²) in [4.78, 5) is 12.2. The Kier molecular flexibility index (Phi) is 4.27. The molecule has 26 heavy (non-hydrogen) atoms. The van der Waals surface area contributed by atoms with E-state index in [0.29, 0.717) is 11.3 Å². The molecule has 3 aliphatic rings. The van der Waals surface area contributed by atoms with Gasteiger partial charge in [-0.15, -0.1) is 0 Å². The van der Waals surface area contributed by atoms with Crippen LogP contribution in [0.5, 0.6) is 0 Å². The topological polar surface area (TPSA) is 33.4 Å². The number of hydrogen-bond donors (Lipinski definition) is 0. The van der Waals surface area contributed by atoms with E-state index in [4.69, 9.17) is 4.99 Å². The highest BCUT2D eigenvalue weighted by Gasteiger charge is 2.43. The van der Waals surface area contributed by atoms with E-state index in [-0.39, 0.29) is 12.1 Å². The largest absolute Gasteiger partial charge is 0.351 e. The standard InChI is InChI=1S/C21H26N4S/c1-15-13-25-20(16-10-12-24(14-16)17-7-3-2-4-8-17)19(23-21(25)26-15)18-9-5-6-11-22-18/h5-6,9-12,14-15,17,19-20H,2-4,7-8,13H2,1H3/t15-,19-,20+/m1/s1. The van der Waals surface area contributed by atoms with Crippen LogP contribution < -0.4 is 0 Å². The highest BCUT2D eigenvalue weighted by molar-refractivity contribution is 8.14. The van der Waals surface area contributed by atoms with Crippen molar-refractivity contribution in [3.05, 3.63) is 54.1 Å². The zero-order chi connectivity index (χ0) is 17.5. The lowest BCUT2D eigenvalue weighted by molar-refractivity contribution is 0.318. The molecule has 0 amide bonds. The van der Waals surface area contributed by atoms with E-state index in [2.05, 4.69) is 52.0 Å². The molecular formula is C21H26N4S. The van der Waals surface area contributed by atoms with Crippen molar-refractivity contribution in [3.63, 3.8) is 0 Å². The lowest BCUT2D eigenvalue weighted by Gasteiger charge is -2.27. The maximum atomic E-state index is 5.08. The third-order valence-corrected chi connectivity index (χ3v) is 7.06. The number of nitrogens with zero attached hydrogens (tertiary/aromatic N) is 4. The molecule has 0 unspecified atom stereocenters. The maximum Gasteiger partial charge on any atom is 0.160 e. The van der Waals surface area contributed by atoms with E-state index in [1.54, 1.807) is 0 Å². The van der Waals surface area contributed by atoms with Gasteiger partial charge in [0.05, 0.1) is 11.7 Å². The van der Waals surface area contributed by atoms with Crippen LogP contribution in [-0.4, -0.2) is 31.4 Å². The van der Waals surface area contributed by atoms with Crippen LogP contribution >= 0.6 is 11.8 Å². The molecule has 2 fully saturated rings. The van der Waals surface area contributed by atoms with Gasteiger partial charge in [-0.05, 0) is 36.6 Å². The van der Waals surface area contributed by atoms with E-state index in [1.807, 2.05) is 24.0 Å². The molecule has 136 valence electrons. The first-order valence-corrected chi connectivity index (χ1v) is 10.8. The summed E-state index contributed by atoms with van der Waals surface area (Å²) in [5.41, 5.74) is 2.47. The Labute approximate surface area is 159 Å². The summed E-state index contributed by atoms with van der Waals surface area (Å²) < 4.78 is 2.47. The van der Waals surface area contributed by atoms with Crippen molar-refractivity contribution in [2.45, 2.75) is 62.4 Å². The number of hydrogen-bond acceptors (Lipinski definition) is 4. The molecule has 4 nitrogen and oxygen atoms in total. The van der Waals surface area contributed by atoms with Gasteiger partial charge in [0.25, 0.3) is 0 Å². The molecule has 1 saturated carbocycles. The van der Waals surface area contributed by atoms with E-state index >= 15 is 0 Å². The smallest absolute Gasteiger partial charge is 0.160 e. The SMILES string of the molecule is C[C@@H]1CN2C(=N[C@H](c3ccccn3)[C@@H]2c2ccn(C3CCCCC3)c2)S1. The van der Waals surface area contributed by atoms with Crippen LogP contribution in [0, 0.1) is 0 Å². The molecule has 5 heteroatoms. The Morgan fingerprint density at radius 1 is 1.12 bits per heavy atom. The van der Waals surface area contributed by atoms with Crippen molar-refractivity contribution in [1.29, 1.82) is 0 Å². The summed E-state index contributed by atoms with van der Waals surface area (Å²) in [5.74, 6) is 0. The molecule has 0 spiro atoms. The van der Waals surface area contributed by atoms with Gasteiger partial charge < -0.3 is 9.47 Å². The third-order valence-electron chi connectivity index (χ3n) is 5.96. The summed E-state index contributed by atoms with van der Waals surface area (Å²) in [5, 5.41) is 1.81. The minimum Gasteiger partial charge on any atom is -0.351 e. The monoisotopic (exact) mass is 366 g/mol. The fraction of sp³-hybridized carbons (Fsp3) is 0.524. The minimum absolute atomic E-state index is 0.105. The number of aromatic nitrogens is 2. The zero-order valence-corrected chi connectivity index (χ0v) is 16.1. The van der Waals surface area contributed by atoms with E-state index in [1.165, 1.54) is 42.8 Å². The van der Waals surface area contributed by atoms with Crippen LogP contribution in [0.3, 0.4) is 0 Å². The number of thioether (sulfide) groups is 1. The van der Waals surface area contributed by atoms with Crippen molar-refractivity contribution in [3.8, 4) is 0 Å². The predicted molar refractivity (Wildman–Crippen MR) is 107 cm³/mol. The van der Waals surface area contributed by atoms with Gasteiger partial charge in [-0.2, -0.15) is 0 Å². The number of aliphatic imine (C=N–C) groups is 1. The van der Waals surface area contributed by atoms with Gasteiger partial charge in [0, 0.05) is 36.4 Å². The molecule has 2 aromatic rings. The Balaban J connectivity index is 1.48. The Bertz CT molecular complexity index is 793. The molecule has 0 bridgehead atoms. The molecule has 1 saturated heterocycles. The first-order valence-electron chi connectivity index (χ1n) is 9.89. The van der Waals surface area contributed by atoms with E-state index in [0.717, 1.165) is 12.2 Å². The molecule has 3 atom stereocenters. The Hall–Kier alpha value is -1.75. The van der Waals surface area contributed by atoms with Gasteiger partial charge in [-0.1, -0.05) is 44.0 Å². The van der Waals surface area contributed by atoms with Crippen LogP contribution in [0.2, 0.25) is 0 Å². The molecule has 0 N–H and O–H groups in total. The normalized spacial score (nSPS) is 29.0. The third kappa shape index (κ3) is 2.86. The highest BCUT2D eigenvalue weighted by atomic mass is 32.2. The average molecular weight is 367 g/mol. The quantitative estimate of drug-likeness (QED) is 0.768. The van der Waals surface area contributed by atoms with Crippen molar-refractivity contribution >= 4 is 16.9 Å². The van der Waals surface area contributed by atoms with E-state index in [9.17, 15) is 0 Å². The molecule has 0 aromatic carbocycles. The fourth-order valence-corrected chi connectivity index (χ4v) is 5.78. The second-order valence-corrected chi connectivity index (χ2v) is 9.23. The van der Waals surface area contributed by atoms with Crippen molar-refractivity contribution in [2.75, 3.05) is 6.54 Å². The van der Waals surface area contributed by atoms with Crippen LogP contribution in [0.1, 0.15) is 68.4 Å². The van der Waals surface area contributed by atoms with Gasteiger partial charge in [0.2, 0.25) is 0 Å². The summed E-state index contributed by atoms with van der Waals surface area (Å²) in [6, 6.07) is 9.57. The Morgan fingerprint density at radius 2 is 2.00 bits per heavy atom. The second kappa shape index (κ2) is 6.76. The molecular weight excluding hydrogens is 340 g/mol. The van der Waals surface area contributed by atoms with Crippen LogP contribution in [0.4, 0.5) is 0 Å². The van der Waals surface area contributed by atoms with Crippen LogP contribution in [0.15, 0.2) is 47.8 Å². The summed E-state index contributed by atoms with van der Waals surface area (Å²) in [6.45, 7) is 3.37. The average Bonchev–Trinajstić information content (AvgIpc) is 3.37. The molecule has 2 aliphatic heterocycles. The van der Waals surface area contributed by atoms with Crippen LogP contribution in [0.25, 0.3) is 0 Å². The van der Waals surface area contributed by atoms with E-state index < -0.39 is 0 Å². The van der Waals surface area contributed by atoms with Gasteiger partial charge in [-0.25, -0.2) is 0 Å². The first-order chi connectivity index (χ1) is 12.8. The first kappa shape index (κ1) is 16.4. The number of rotatable bonds is 3. The predicted octanol–water partition coefficient (Wildman–Crippen LogP) is 4.98. The van der Waals surface area contributed by atoms with Crippen molar-refractivity contribution in [1.82, 2.24) is 14.5 Å². The number of fused-ring (bicyclic) bond motifs is 1. The number of amidine groups is 1. The van der Waals surface area contributed by atoms with Crippen molar-refractivity contribution in [2.24, 2.45) is 4.99 Å².